The highest BCUT2D eigenvalue weighted by Crippen LogP contribution is 2.27. The van der Waals surface area contributed by atoms with E-state index in [1.807, 2.05) is 72.8 Å². The SMILES string of the molecule is COc1ccc(CCC(=O)N2CCC(C(=O)N(CC(=O)O)Cc3ccc(-c4noc(-c5ccc(-c6ccc(C)cc6)cc5)n4)cc3)CC2)cc1. The monoisotopic (exact) mass is 672 g/mol. The van der Waals surface area contributed by atoms with Crippen LogP contribution >= 0.6 is 0 Å². The van der Waals surface area contributed by atoms with Gasteiger partial charge in [0.1, 0.15) is 12.3 Å². The summed E-state index contributed by atoms with van der Waals surface area (Å²) in [6.07, 6.45) is 2.01. The van der Waals surface area contributed by atoms with Crippen molar-refractivity contribution in [3.05, 3.63) is 114 Å². The second kappa shape index (κ2) is 15.6. The number of ether oxygens (including phenoxy) is 1. The first kappa shape index (κ1) is 34.1. The topological polar surface area (TPSA) is 126 Å². The Morgan fingerprint density at radius 3 is 2.02 bits per heavy atom. The van der Waals surface area contributed by atoms with Crippen molar-refractivity contribution in [1.82, 2.24) is 19.9 Å². The zero-order chi connectivity index (χ0) is 35.0. The van der Waals surface area contributed by atoms with Crippen molar-refractivity contribution in [1.29, 1.82) is 0 Å². The number of aliphatic carboxylic acids is 1. The minimum Gasteiger partial charge on any atom is -0.497 e. The molecule has 1 aliphatic heterocycles. The maximum absolute atomic E-state index is 13.5. The fourth-order valence-corrected chi connectivity index (χ4v) is 6.20. The molecule has 1 N–H and O–H groups in total. The molecule has 0 radical (unpaired) electrons. The van der Waals surface area contributed by atoms with Crippen molar-refractivity contribution in [2.24, 2.45) is 5.92 Å². The molecule has 0 bridgehead atoms. The Morgan fingerprint density at radius 2 is 1.40 bits per heavy atom. The van der Waals surface area contributed by atoms with Gasteiger partial charge < -0.3 is 24.2 Å². The quantitative estimate of drug-likeness (QED) is 0.156. The number of amides is 2. The number of carbonyl (C=O) groups is 3. The first-order chi connectivity index (χ1) is 24.2. The van der Waals surface area contributed by atoms with Crippen LogP contribution in [-0.2, 0) is 27.3 Å². The minimum absolute atomic E-state index is 0.0546. The second-order valence-corrected chi connectivity index (χ2v) is 12.7. The smallest absolute Gasteiger partial charge is 0.323 e. The van der Waals surface area contributed by atoms with E-state index in [0.717, 1.165) is 39.1 Å². The summed E-state index contributed by atoms with van der Waals surface area (Å²) in [6.45, 7) is 2.75. The number of carboxylic acid groups (broad SMARTS) is 1. The maximum atomic E-state index is 13.5. The number of carbonyl (C=O) groups excluding carboxylic acids is 2. The number of carboxylic acids is 1. The fraction of sp³-hybridized carbons (Fsp3) is 0.275. The number of likely N-dealkylation sites (tertiary alicyclic amines) is 1. The molecule has 10 nitrogen and oxygen atoms in total. The van der Waals surface area contributed by atoms with Gasteiger partial charge in [-0.15, -0.1) is 0 Å². The lowest BCUT2D eigenvalue weighted by Gasteiger charge is -2.34. The Morgan fingerprint density at radius 1 is 0.820 bits per heavy atom. The van der Waals surface area contributed by atoms with E-state index in [2.05, 4.69) is 41.3 Å². The highest BCUT2D eigenvalue weighted by atomic mass is 16.5. The van der Waals surface area contributed by atoms with Crippen LogP contribution in [0.4, 0.5) is 0 Å². The van der Waals surface area contributed by atoms with Crippen molar-refractivity contribution in [3.63, 3.8) is 0 Å². The molecule has 1 aliphatic rings. The number of benzene rings is 4. The van der Waals surface area contributed by atoms with Crippen LogP contribution in [0.25, 0.3) is 34.0 Å². The first-order valence-corrected chi connectivity index (χ1v) is 16.8. The molecule has 1 aromatic heterocycles. The number of hydrogen-bond acceptors (Lipinski definition) is 7. The van der Waals surface area contributed by atoms with E-state index in [0.29, 0.717) is 50.5 Å². The van der Waals surface area contributed by atoms with Gasteiger partial charge in [-0.2, -0.15) is 4.98 Å². The molecule has 4 aromatic carbocycles. The van der Waals surface area contributed by atoms with E-state index < -0.39 is 12.5 Å². The summed E-state index contributed by atoms with van der Waals surface area (Å²) in [5.41, 5.74) is 6.82. The van der Waals surface area contributed by atoms with E-state index in [1.54, 1.807) is 12.0 Å². The van der Waals surface area contributed by atoms with Gasteiger partial charge in [0, 0.05) is 43.1 Å². The maximum Gasteiger partial charge on any atom is 0.323 e. The number of hydrogen-bond donors (Lipinski definition) is 1. The van der Waals surface area contributed by atoms with Crippen LogP contribution in [0.5, 0.6) is 5.75 Å². The van der Waals surface area contributed by atoms with Crippen molar-refractivity contribution in [3.8, 4) is 39.7 Å². The largest absolute Gasteiger partial charge is 0.497 e. The lowest BCUT2D eigenvalue weighted by atomic mass is 9.94. The summed E-state index contributed by atoms with van der Waals surface area (Å²) >= 11 is 0. The van der Waals surface area contributed by atoms with E-state index in [4.69, 9.17) is 9.26 Å². The minimum atomic E-state index is -1.08. The number of nitrogens with zero attached hydrogens (tertiary/aromatic N) is 4. The van der Waals surface area contributed by atoms with Gasteiger partial charge in [0.2, 0.25) is 17.6 Å². The number of aryl methyl sites for hydroxylation is 2. The summed E-state index contributed by atoms with van der Waals surface area (Å²) in [4.78, 5) is 45.9. The number of aromatic nitrogens is 2. The molecule has 50 heavy (non-hydrogen) atoms. The van der Waals surface area contributed by atoms with E-state index in [-0.39, 0.29) is 24.3 Å². The third-order valence-electron chi connectivity index (χ3n) is 9.15. The average Bonchev–Trinajstić information content (AvgIpc) is 3.65. The van der Waals surface area contributed by atoms with Crippen LogP contribution in [0.1, 0.15) is 36.0 Å². The molecule has 2 amide bonds. The Bertz CT molecular complexity index is 1910. The van der Waals surface area contributed by atoms with Crippen molar-refractivity contribution < 1.29 is 28.8 Å². The second-order valence-electron chi connectivity index (χ2n) is 12.7. The van der Waals surface area contributed by atoms with E-state index in [9.17, 15) is 19.5 Å². The first-order valence-electron chi connectivity index (χ1n) is 16.8. The van der Waals surface area contributed by atoms with Gasteiger partial charge in [0.05, 0.1) is 7.11 Å². The molecular weight excluding hydrogens is 632 g/mol. The van der Waals surface area contributed by atoms with Gasteiger partial charge in [0.15, 0.2) is 0 Å². The van der Waals surface area contributed by atoms with Crippen LogP contribution in [0.15, 0.2) is 102 Å². The van der Waals surface area contributed by atoms with Crippen LogP contribution in [0, 0.1) is 12.8 Å². The summed E-state index contributed by atoms with van der Waals surface area (Å²) in [5.74, 6) is 0.0310. The highest BCUT2D eigenvalue weighted by Gasteiger charge is 2.31. The van der Waals surface area contributed by atoms with Gasteiger partial charge >= 0.3 is 5.97 Å². The molecule has 0 aliphatic carbocycles. The Kier molecular flexibility index (Phi) is 10.7. The zero-order valence-electron chi connectivity index (χ0n) is 28.2. The van der Waals surface area contributed by atoms with Crippen molar-refractivity contribution in [2.75, 3.05) is 26.7 Å². The number of piperidine rings is 1. The molecule has 5 aromatic rings. The fourth-order valence-electron chi connectivity index (χ4n) is 6.20. The summed E-state index contributed by atoms with van der Waals surface area (Å²) in [7, 11) is 1.62. The van der Waals surface area contributed by atoms with Crippen LogP contribution in [0.2, 0.25) is 0 Å². The molecule has 0 spiro atoms. The molecule has 1 fully saturated rings. The van der Waals surface area contributed by atoms with Crippen molar-refractivity contribution >= 4 is 17.8 Å². The summed E-state index contributed by atoms with van der Waals surface area (Å²) < 4.78 is 10.8. The lowest BCUT2D eigenvalue weighted by molar-refractivity contribution is -0.148. The molecular formula is C40H40N4O6. The predicted octanol–water partition coefficient (Wildman–Crippen LogP) is 6.67. The summed E-state index contributed by atoms with van der Waals surface area (Å²) in [6, 6.07) is 31.3. The molecule has 256 valence electrons. The third kappa shape index (κ3) is 8.44. The zero-order valence-corrected chi connectivity index (χ0v) is 28.2. The molecule has 1 saturated heterocycles. The predicted molar refractivity (Wildman–Crippen MR) is 189 cm³/mol. The van der Waals surface area contributed by atoms with Gasteiger partial charge in [-0.1, -0.05) is 83.5 Å². The molecule has 0 atom stereocenters. The average molecular weight is 673 g/mol. The van der Waals surface area contributed by atoms with Gasteiger partial charge in [-0.25, -0.2) is 0 Å². The van der Waals surface area contributed by atoms with Gasteiger partial charge in [0.25, 0.3) is 5.89 Å². The molecule has 6 rings (SSSR count). The molecule has 0 saturated carbocycles. The van der Waals surface area contributed by atoms with Gasteiger partial charge in [-0.3, -0.25) is 14.4 Å². The normalized spacial score (nSPS) is 13.2. The van der Waals surface area contributed by atoms with Crippen LogP contribution < -0.4 is 4.74 Å². The van der Waals surface area contributed by atoms with E-state index >= 15 is 0 Å². The Hall–Kier alpha value is -5.77. The summed E-state index contributed by atoms with van der Waals surface area (Å²) in [5, 5.41) is 13.8. The highest BCUT2D eigenvalue weighted by molar-refractivity contribution is 5.84. The molecule has 0 unspecified atom stereocenters. The van der Waals surface area contributed by atoms with Crippen LogP contribution in [-0.4, -0.2) is 69.6 Å². The number of rotatable bonds is 12. The third-order valence-corrected chi connectivity index (χ3v) is 9.15. The molecule has 2 heterocycles. The Labute approximate surface area is 291 Å². The van der Waals surface area contributed by atoms with E-state index in [1.165, 1.54) is 10.5 Å². The van der Waals surface area contributed by atoms with Crippen LogP contribution in [0.3, 0.4) is 0 Å². The molecule has 10 heteroatoms. The lowest BCUT2D eigenvalue weighted by Crippen LogP contribution is -2.45. The number of methoxy groups -OCH3 is 1. The van der Waals surface area contributed by atoms with Gasteiger partial charge in [-0.05, 0) is 72.7 Å². The van der Waals surface area contributed by atoms with Crippen molar-refractivity contribution in [2.45, 2.75) is 39.2 Å². The standard InChI is InChI=1S/C40H40N4O6/c1-27-3-10-30(11-4-27)31-14-16-33(17-15-31)39-41-38(42-50-39)32-12-5-29(6-13-32)25-44(26-37(46)47)40(48)34-21-23-43(24-22-34)36(45)20-9-28-7-18-35(49-2)19-8-28/h3-8,10-19,34H,9,20-26H2,1-2H3,(H,46,47). The Balaban J connectivity index is 1.03.